The van der Waals surface area contributed by atoms with Crippen LogP contribution in [-0.2, 0) is 4.79 Å². The van der Waals surface area contributed by atoms with E-state index in [1.54, 1.807) is 7.11 Å². The number of halogens is 3. The van der Waals surface area contributed by atoms with Gasteiger partial charge < -0.3 is 15.2 Å². The summed E-state index contributed by atoms with van der Waals surface area (Å²) in [6, 6.07) is 8.31. The summed E-state index contributed by atoms with van der Waals surface area (Å²) in [6.07, 6.45) is -5.08. The van der Waals surface area contributed by atoms with Gasteiger partial charge in [0.05, 0.1) is 7.11 Å². The molecule has 0 unspecified atom stereocenters. The standard InChI is InChI=1S/C10H13NO.C2HF3O2/c1-12-10-4-2-3-8(5-10)9-6-11-7-9;3-2(4,5)1(6)7/h2-5,9,11H,6-7H2,1H3;(H,6,7). The Kier molecular flexibility index (Phi) is 5.17. The first-order valence-corrected chi connectivity index (χ1v) is 5.49. The largest absolute Gasteiger partial charge is 0.497 e. The molecule has 1 aliphatic heterocycles. The molecule has 0 atom stereocenters. The van der Waals surface area contributed by atoms with Crippen molar-refractivity contribution in [2.75, 3.05) is 20.2 Å². The Morgan fingerprint density at radius 3 is 2.37 bits per heavy atom. The highest BCUT2D eigenvalue weighted by molar-refractivity contribution is 5.73. The monoisotopic (exact) mass is 277 g/mol. The van der Waals surface area contributed by atoms with Gasteiger partial charge in [-0.3, -0.25) is 0 Å². The third kappa shape index (κ3) is 4.78. The van der Waals surface area contributed by atoms with Gasteiger partial charge in [-0.25, -0.2) is 4.79 Å². The number of aliphatic carboxylic acids is 1. The molecule has 1 fully saturated rings. The topological polar surface area (TPSA) is 58.6 Å². The Bertz CT molecular complexity index is 430. The van der Waals surface area contributed by atoms with Crippen LogP contribution in [0.15, 0.2) is 24.3 Å². The number of hydrogen-bond acceptors (Lipinski definition) is 3. The summed E-state index contributed by atoms with van der Waals surface area (Å²) in [5.74, 6) is -1.10. The van der Waals surface area contributed by atoms with Crippen LogP contribution in [-0.4, -0.2) is 37.5 Å². The smallest absolute Gasteiger partial charge is 0.490 e. The lowest BCUT2D eigenvalue weighted by Gasteiger charge is -2.27. The van der Waals surface area contributed by atoms with Gasteiger partial charge in [-0.1, -0.05) is 12.1 Å². The second-order valence-corrected chi connectivity index (χ2v) is 3.93. The molecular weight excluding hydrogens is 263 g/mol. The summed E-state index contributed by atoms with van der Waals surface area (Å²) < 4.78 is 36.9. The van der Waals surface area contributed by atoms with Crippen LogP contribution >= 0.6 is 0 Å². The average Bonchev–Trinajstić information content (AvgIpc) is 2.26. The fourth-order valence-electron chi connectivity index (χ4n) is 1.42. The molecule has 19 heavy (non-hydrogen) atoms. The van der Waals surface area contributed by atoms with E-state index in [-0.39, 0.29) is 0 Å². The van der Waals surface area contributed by atoms with E-state index in [1.807, 2.05) is 12.1 Å². The molecule has 0 amide bonds. The van der Waals surface area contributed by atoms with E-state index in [0.29, 0.717) is 5.92 Å². The Labute approximate surface area is 108 Å². The summed E-state index contributed by atoms with van der Waals surface area (Å²) in [6.45, 7) is 2.21. The molecule has 1 aromatic rings. The number of alkyl halides is 3. The molecule has 4 nitrogen and oxygen atoms in total. The minimum atomic E-state index is -5.08. The van der Waals surface area contributed by atoms with Gasteiger partial charge in [0, 0.05) is 19.0 Å². The van der Waals surface area contributed by atoms with E-state index in [0.717, 1.165) is 18.8 Å². The molecule has 2 N–H and O–H groups in total. The normalized spacial score (nSPS) is 14.9. The Balaban J connectivity index is 0.000000224. The van der Waals surface area contributed by atoms with Crippen LogP contribution in [0.3, 0.4) is 0 Å². The Morgan fingerprint density at radius 2 is 2.00 bits per heavy atom. The predicted octanol–water partition coefficient (Wildman–Crippen LogP) is 2.02. The third-order valence-electron chi connectivity index (χ3n) is 2.59. The Hall–Kier alpha value is -1.76. The summed E-state index contributed by atoms with van der Waals surface area (Å²) in [5, 5.41) is 10.4. The van der Waals surface area contributed by atoms with Crippen LogP contribution in [0.25, 0.3) is 0 Å². The van der Waals surface area contributed by atoms with Crippen molar-refractivity contribution >= 4 is 5.97 Å². The number of carbonyl (C=O) groups is 1. The van der Waals surface area contributed by atoms with Gasteiger partial charge >= 0.3 is 12.1 Å². The van der Waals surface area contributed by atoms with Crippen molar-refractivity contribution in [3.05, 3.63) is 29.8 Å². The molecule has 0 aromatic heterocycles. The fourth-order valence-corrected chi connectivity index (χ4v) is 1.42. The number of ether oxygens (including phenoxy) is 1. The first-order chi connectivity index (χ1) is 8.84. The van der Waals surface area contributed by atoms with E-state index in [1.165, 1.54) is 5.56 Å². The maximum atomic E-state index is 10.6. The summed E-state index contributed by atoms with van der Waals surface area (Å²) in [7, 11) is 1.71. The van der Waals surface area contributed by atoms with Gasteiger partial charge in [-0.05, 0) is 17.7 Å². The van der Waals surface area contributed by atoms with Gasteiger partial charge in [0.2, 0.25) is 0 Å². The van der Waals surface area contributed by atoms with Crippen LogP contribution in [0.2, 0.25) is 0 Å². The van der Waals surface area contributed by atoms with Crippen LogP contribution in [0.4, 0.5) is 13.2 Å². The zero-order valence-electron chi connectivity index (χ0n) is 10.2. The number of carboxylic acids is 1. The third-order valence-corrected chi connectivity index (χ3v) is 2.59. The summed E-state index contributed by atoms with van der Waals surface area (Å²) in [4.78, 5) is 8.90. The highest BCUT2D eigenvalue weighted by Crippen LogP contribution is 2.23. The molecule has 106 valence electrons. The molecule has 1 aromatic carbocycles. The van der Waals surface area contributed by atoms with Crippen molar-refractivity contribution in [3.8, 4) is 5.75 Å². The zero-order valence-corrected chi connectivity index (χ0v) is 10.2. The molecule has 0 aliphatic carbocycles. The van der Waals surface area contributed by atoms with Crippen molar-refractivity contribution in [3.63, 3.8) is 0 Å². The molecule has 0 radical (unpaired) electrons. The zero-order chi connectivity index (χ0) is 14.5. The number of carboxylic acid groups (broad SMARTS) is 1. The first kappa shape index (κ1) is 15.3. The average molecular weight is 277 g/mol. The van der Waals surface area contributed by atoms with E-state index in [2.05, 4.69) is 17.4 Å². The van der Waals surface area contributed by atoms with Crippen LogP contribution in [0.5, 0.6) is 5.75 Å². The van der Waals surface area contributed by atoms with Crippen LogP contribution in [0, 0.1) is 0 Å². The summed E-state index contributed by atoms with van der Waals surface area (Å²) in [5.41, 5.74) is 1.38. The lowest BCUT2D eigenvalue weighted by atomic mass is 9.94. The SMILES string of the molecule is COc1cccc(C2CNC2)c1.O=C(O)C(F)(F)F. The fraction of sp³-hybridized carbons (Fsp3) is 0.417. The molecule has 0 saturated carbocycles. The number of benzene rings is 1. The number of hydrogen-bond donors (Lipinski definition) is 2. The second-order valence-electron chi connectivity index (χ2n) is 3.93. The van der Waals surface area contributed by atoms with E-state index in [4.69, 9.17) is 14.6 Å². The summed E-state index contributed by atoms with van der Waals surface area (Å²) >= 11 is 0. The lowest BCUT2D eigenvalue weighted by Crippen LogP contribution is -2.39. The lowest BCUT2D eigenvalue weighted by molar-refractivity contribution is -0.192. The highest BCUT2D eigenvalue weighted by atomic mass is 19.4. The van der Waals surface area contributed by atoms with E-state index < -0.39 is 12.1 Å². The maximum Gasteiger partial charge on any atom is 0.490 e. The predicted molar refractivity (Wildman–Crippen MR) is 62.3 cm³/mol. The van der Waals surface area contributed by atoms with Crippen molar-refractivity contribution in [1.82, 2.24) is 5.32 Å². The van der Waals surface area contributed by atoms with Crippen molar-refractivity contribution in [2.24, 2.45) is 0 Å². The molecule has 7 heteroatoms. The van der Waals surface area contributed by atoms with Gasteiger partial charge in [0.25, 0.3) is 0 Å². The number of rotatable bonds is 2. The number of methoxy groups -OCH3 is 1. The first-order valence-electron chi connectivity index (χ1n) is 5.49. The van der Waals surface area contributed by atoms with Crippen molar-refractivity contribution in [1.29, 1.82) is 0 Å². The Morgan fingerprint density at radius 1 is 1.42 bits per heavy atom. The van der Waals surface area contributed by atoms with Gasteiger partial charge in [-0.2, -0.15) is 13.2 Å². The molecule has 2 rings (SSSR count). The molecule has 1 heterocycles. The molecule has 1 saturated heterocycles. The van der Waals surface area contributed by atoms with Crippen LogP contribution in [0.1, 0.15) is 11.5 Å². The van der Waals surface area contributed by atoms with Gasteiger partial charge in [0.15, 0.2) is 0 Å². The number of nitrogens with one attached hydrogen (secondary N) is 1. The van der Waals surface area contributed by atoms with Crippen LogP contribution < -0.4 is 10.1 Å². The van der Waals surface area contributed by atoms with Gasteiger partial charge in [-0.15, -0.1) is 0 Å². The minimum Gasteiger partial charge on any atom is -0.497 e. The maximum absolute atomic E-state index is 10.6. The van der Waals surface area contributed by atoms with Gasteiger partial charge in [0.1, 0.15) is 5.75 Å². The highest BCUT2D eigenvalue weighted by Gasteiger charge is 2.38. The molecule has 0 bridgehead atoms. The molecule has 1 aliphatic rings. The van der Waals surface area contributed by atoms with Crippen molar-refractivity contribution in [2.45, 2.75) is 12.1 Å². The molecule has 0 spiro atoms. The van der Waals surface area contributed by atoms with E-state index >= 15 is 0 Å². The van der Waals surface area contributed by atoms with E-state index in [9.17, 15) is 13.2 Å². The van der Waals surface area contributed by atoms with Crippen molar-refractivity contribution < 1.29 is 27.8 Å². The minimum absolute atomic E-state index is 0.695. The molecular formula is C12H14F3NO3. The second kappa shape index (κ2) is 6.42. The quantitative estimate of drug-likeness (QED) is 0.868.